The molecule has 3 heterocycles. The highest BCUT2D eigenvalue weighted by atomic mass is 35.5. The normalized spacial score (nSPS) is 10.9. The minimum absolute atomic E-state index is 0.183. The number of halogens is 1. The fourth-order valence-corrected chi connectivity index (χ4v) is 4.59. The van der Waals surface area contributed by atoms with E-state index in [4.69, 9.17) is 16.3 Å². The molecule has 0 saturated carbocycles. The van der Waals surface area contributed by atoms with Crippen molar-refractivity contribution in [2.75, 3.05) is 5.32 Å². The summed E-state index contributed by atoms with van der Waals surface area (Å²) in [6.45, 7) is 4.32. The molecule has 0 spiro atoms. The summed E-state index contributed by atoms with van der Waals surface area (Å²) in [4.78, 5) is 17.7. The summed E-state index contributed by atoms with van der Waals surface area (Å²) in [5.41, 5.74) is 4.70. The van der Waals surface area contributed by atoms with E-state index in [-0.39, 0.29) is 5.91 Å². The van der Waals surface area contributed by atoms with Crippen LogP contribution in [0.3, 0.4) is 0 Å². The van der Waals surface area contributed by atoms with Crippen molar-refractivity contribution in [3.63, 3.8) is 0 Å². The van der Waals surface area contributed by atoms with Crippen molar-refractivity contribution >= 4 is 45.3 Å². The lowest BCUT2D eigenvalue weighted by atomic mass is 10.2. The number of hydrogen-bond acceptors (Lipinski definition) is 6. The lowest BCUT2D eigenvalue weighted by Gasteiger charge is -2.08. The van der Waals surface area contributed by atoms with Gasteiger partial charge < -0.3 is 4.74 Å². The van der Waals surface area contributed by atoms with Crippen LogP contribution in [-0.2, 0) is 13.7 Å². The van der Waals surface area contributed by atoms with Gasteiger partial charge in [0.15, 0.2) is 5.13 Å². The molecule has 4 aromatic rings. The van der Waals surface area contributed by atoms with Crippen molar-refractivity contribution in [1.82, 2.24) is 14.8 Å². The summed E-state index contributed by atoms with van der Waals surface area (Å²) in [5.74, 6) is 0.593. The Kier molecular flexibility index (Phi) is 5.90. The molecule has 1 N–H and O–H groups in total. The number of anilines is 1. The average molecular weight is 459 g/mol. The van der Waals surface area contributed by atoms with Gasteiger partial charge in [-0.1, -0.05) is 11.6 Å². The van der Waals surface area contributed by atoms with Crippen LogP contribution in [0.2, 0.25) is 5.02 Å². The van der Waals surface area contributed by atoms with Crippen LogP contribution in [0.4, 0.5) is 5.13 Å². The van der Waals surface area contributed by atoms with Gasteiger partial charge in [-0.2, -0.15) is 5.10 Å². The van der Waals surface area contributed by atoms with Crippen LogP contribution in [-0.4, -0.2) is 20.7 Å². The molecule has 0 atom stereocenters. The first-order chi connectivity index (χ1) is 14.4. The van der Waals surface area contributed by atoms with Crippen molar-refractivity contribution < 1.29 is 9.53 Å². The first-order valence-electron chi connectivity index (χ1n) is 9.13. The van der Waals surface area contributed by atoms with E-state index in [0.717, 1.165) is 33.8 Å². The zero-order valence-corrected chi connectivity index (χ0v) is 19.0. The Balaban J connectivity index is 1.39. The van der Waals surface area contributed by atoms with Crippen molar-refractivity contribution in [3.05, 3.63) is 67.9 Å². The Morgan fingerprint density at radius 2 is 2.07 bits per heavy atom. The minimum Gasteiger partial charge on any atom is -0.489 e. The number of benzene rings is 1. The van der Waals surface area contributed by atoms with Crippen molar-refractivity contribution in [1.29, 1.82) is 0 Å². The SMILES string of the molecule is Cc1cc(Cl)ccc1OCc1csc(C(=O)Nc2nc(-c3cnn(C)c3C)cs2)c1. The maximum absolute atomic E-state index is 12.6. The van der Waals surface area contributed by atoms with E-state index < -0.39 is 0 Å². The summed E-state index contributed by atoms with van der Waals surface area (Å²) < 4.78 is 7.65. The van der Waals surface area contributed by atoms with Gasteiger partial charge in [0, 0.05) is 34.3 Å². The average Bonchev–Trinajstić information content (AvgIpc) is 3.43. The predicted octanol–water partition coefficient (Wildman–Crippen LogP) is 5.71. The van der Waals surface area contributed by atoms with E-state index in [1.165, 1.54) is 22.7 Å². The number of rotatable bonds is 6. The van der Waals surface area contributed by atoms with Gasteiger partial charge in [-0.3, -0.25) is 14.8 Å². The largest absolute Gasteiger partial charge is 0.489 e. The molecule has 1 amide bonds. The molecule has 0 radical (unpaired) electrons. The molecule has 0 unspecified atom stereocenters. The zero-order chi connectivity index (χ0) is 21.3. The highest BCUT2D eigenvalue weighted by Gasteiger charge is 2.15. The third kappa shape index (κ3) is 4.40. The van der Waals surface area contributed by atoms with E-state index in [9.17, 15) is 4.79 Å². The van der Waals surface area contributed by atoms with Crippen molar-refractivity contribution in [2.24, 2.45) is 7.05 Å². The summed E-state index contributed by atoms with van der Waals surface area (Å²) in [5, 5.41) is 12.2. The van der Waals surface area contributed by atoms with Gasteiger partial charge in [0.1, 0.15) is 12.4 Å². The number of nitrogens with one attached hydrogen (secondary N) is 1. The molecule has 154 valence electrons. The lowest BCUT2D eigenvalue weighted by molar-refractivity contribution is 0.103. The molecule has 0 aliphatic heterocycles. The molecule has 4 rings (SSSR count). The number of thiophene rings is 1. The fourth-order valence-electron chi connectivity index (χ4n) is 2.87. The second-order valence-electron chi connectivity index (χ2n) is 6.78. The highest BCUT2D eigenvalue weighted by Crippen LogP contribution is 2.28. The molecule has 0 bridgehead atoms. The molecule has 0 aliphatic carbocycles. The summed E-state index contributed by atoms with van der Waals surface area (Å²) in [7, 11) is 1.89. The van der Waals surface area contributed by atoms with Gasteiger partial charge in [0.05, 0.1) is 16.8 Å². The number of nitrogens with zero attached hydrogens (tertiary/aromatic N) is 3. The van der Waals surface area contributed by atoms with E-state index in [2.05, 4.69) is 15.4 Å². The van der Waals surface area contributed by atoms with Crippen LogP contribution in [0.25, 0.3) is 11.3 Å². The number of ether oxygens (including phenoxy) is 1. The third-order valence-corrected chi connectivity index (χ3v) is 6.62. The van der Waals surface area contributed by atoms with Crippen LogP contribution in [0, 0.1) is 13.8 Å². The first-order valence-corrected chi connectivity index (χ1v) is 11.3. The van der Waals surface area contributed by atoms with E-state index >= 15 is 0 Å². The number of thiazole rings is 1. The standard InChI is InChI=1S/C21H19ClN4O2S2/c1-12-6-15(22)4-5-18(12)28-9-14-7-19(29-10-14)20(27)25-21-24-17(11-30-21)16-8-23-26(3)13(16)2/h4-8,10-11H,9H2,1-3H3,(H,24,25,27). The molecule has 0 fully saturated rings. The van der Waals surface area contributed by atoms with Crippen LogP contribution in [0.5, 0.6) is 5.75 Å². The third-order valence-electron chi connectivity index (χ3n) is 4.64. The molecule has 9 heteroatoms. The molecular formula is C21H19ClN4O2S2. The molecule has 0 saturated heterocycles. The number of carbonyl (C=O) groups is 1. The van der Waals surface area contributed by atoms with E-state index in [1.807, 2.05) is 49.9 Å². The summed E-state index contributed by atoms with van der Waals surface area (Å²) in [6.07, 6.45) is 1.78. The van der Waals surface area contributed by atoms with Gasteiger partial charge >= 0.3 is 0 Å². The first kappa shape index (κ1) is 20.6. The van der Waals surface area contributed by atoms with Gasteiger partial charge in [-0.25, -0.2) is 4.98 Å². The maximum Gasteiger partial charge on any atom is 0.267 e. The van der Waals surface area contributed by atoms with Crippen molar-refractivity contribution in [2.45, 2.75) is 20.5 Å². The smallest absolute Gasteiger partial charge is 0.267 e. The van der Waals surface area contributed by atoms with Crippen LogP contribution >= 0.6 is 34.3 Å². The summed E-state index contributed by atoms with van der Waals surface area (Å²) >= 11 is 8.75. The second kappa shape index (κ2) is 8.59. The Morgan fingerprint density at radius 1 is 1.23 bits per heavy atom. The molecule has 1 aromatic carbocycles. The van der Waals surface area contributed by atoms with Crippen LogP contribution in [0.15, 0.2) is 41.2 Å². The summed E-state index contributed by atoms with van der Waals surface area (Å²) in [6, 6.07) is 7.34. The quantitative estimate of drug-likeness (QED) is 0.402. The van der Waals surface area contributed by atoms with Gasteiger partial charge in [0.2, 0.25) is 0 Å². The van der Waals surface area contributed by atoms with Crippen LogP contribution < -0.4 is 10.1 Å². The molecule has 3 aromatic heterocycles. The number of hydrogen-bond donors (Lipinski definition) is 1. The lowest BCUT2D eigenvalue weighted by Crippen LogP contribution is -2.09. The van der Waals surface area contributed by atoms with Crippen molar-refractivity contribution in [3.8, 4) is 17.0 Å². The fraction of sp³-hybridized carbons (Fsp3) is 0.190. The Hall–Kier alpha value is -2.68. The number of aromatic nitrogens is 3. The number of carbonyl (C=O) groups excluding carboxylic acids is 1. The van der Waals surface area contributed by atoms with Gasteiger partial charge in [0.25, 0.3) is 5.91 Å². The topological polar surface area (TPSA) is 69.0 Å². The van der Waals surface area contributed by atoms with E-state index in [1.54, 1.807) is 16.9 Å². The molecular weight excluding hydrogens is 440 g/mol. The van der Waals surface area contributed by atoms with Crippen LogP contribution in [0.1, 0.15) is 26.5 Å². The van der Waals surface area contributed by atoms with Gasteiger partial charge in [-0.05, 0) is 49.1 Å². The Bertz CT molecular complexity index is 1210. The maximum atomic E-state index is 12.6. The Labute approximate surface area is 187 Å². The van der Waals surface area contributed by atoms with E-state index in [0.29, 0.717) is 21.6 Å². The highest BCUT2D eigenvalue weighted by molar-refractivity contribution is 7.14. The molecule has 30 heavy (non-hydrogen) atoms. The zero-order valence-electron chi connectivity index (χ0n) is 16.6. The minimum atomic E-state index is -0.183. The second-order valence-corrected chi connectivity index (χ2v) is 8.98. The Morgan fingerprint density at radius 3 is 2.80 bits per heavy atom. The number of amides is 1. The monoisotopic (exact) mass is 458 g/mol. The predicted molar refractivity (Wildman–Crippen MR) is 122 cm³/mol. The number of aryl methyl sites for hydroxylation is 2. The molecule has 6 nitrogen and oxygen atoms in total. The van der Waals surface area contributed by atoms with Gasteiger partial charge in [-0.15, -0.1) is 22.7 Å². The molecule has 0 aliphatic rings.